The van der Waals surface area contributed by atoms with Crippen LogP contribution in [-0.4, -0.2) is 10.5 Å². The number of hydrogen-bond donors (Lipinski definition) is 1. The van der Waals surface area contributed by atoms with Gasteiger partial charge in [-0.3, -0.25) is 9.59 Å². The van der Waals surface area contributed by atoms with Gasteiger partial charge in [-0.15, -0.1) is 0 Å². The van der Waals surface area contributed by atoms with Gasteiger partial charge in [-0.05, 0) is 18.2 Å². The fourth-order valence-electron chi connectivity index (χ4n) is 2.04. The molecule has 1 aromatic heterocycles. The van der Waals surface area contributed by atoms with Crippen LogP contribution in [0, 0.1) is 0 Å². The lowest BCUT2D eigenvalue weighted by Crippen LogP contribution is -2.28. The van der Waals surface area contributed by atoms with Gasteiger partial charge >= 0.3 is 12.4 Å². The van der Waals surface area contributed by atoms with Crippen molar-refractivity contribution in [3.63, 3.8) is 0 Å². The van der Waals surface area contributed by atoms with Crippen molar-refractivity contribution in [2.75, 3.05) is 5.32 Å². The molecular weight excluding hydrogens is 390 g/mol. The number of amides is 1. The van der Waals surface area contributed by atoms with Gasteiger partial charge < -0.3 is 9.88 Å². The van der Waals surface area contributed by atoms with Crippen LogP contribution in [0.3, 0.4) is 0 Å². The monoisotopic (exact) mass is 398 g/mol. The van der Waals surface area contributed by atoms with E-state index in [0.717, 1.165) is 12.1 Å². The van der Waals surface area contributed by atoms with Crippen LogP contribution >= 0.6 is 11.6 Å². The van der Waals surface area contributed by atoms with Gasteiger partial charge in [-0.2, -0.15) is 26.3 Å². The maximum atomic E-state index is 13.0. The number of carbonyl (C=O) groups is 1. The van der Waals surface area contributed by atoms with Crippen LogP contribution in [0.4, 0.5) is 32.0 Å². The summed E-state index contributed by atoms with van der Waals surface area (Å²) in [5, 5.41) is 1.47. The molecule has 26 heavy (non-hydrogen) atoms. The number of nitrogens with one attached hydrogen (secondary N) is 1. The molecule has 11 heteroatoms. The average molecular weight is 399 g/mol. The predicted molar refractivity (Wildman–Crippen MR) is 80.8 cm³/mol. The minimum Gasteiger partial charge on any atom is -0.323 e. The first kappa shape index (κ1) is 19.8. The number of para-hydroxylation sites is 1. The van der Waals surface area contributed by atoms with Crippen molar-refractivity contribution in [3.8, 4) is 0 Å². The van der Waals surface area contributed by atoms with E-state index in [2.05, 4.69) is 0 Å². The van der Waals surface area contributed by atoms with E-state index in [1.54, 1.807) is 0 Å². The number of benzene rings is 1. The van der Waals surface area contributed by atoms with Crippen LogP contribution in [0.1, 0.15) is 11.1 Å². The molecule has 0 radical (unpaired) electrons. The molecule has 0 fully saturated rings. The Kier molecular flexibility index (Phi) is 5.36. The van der Waals surface area contributed by atoms with Crippen molar-refractivity contribution >= 4 is 23.2 Å². The predicted octanol–water partition coefficient (Wildman–Crippen LogP) is 4.18. The Labute approximate surface area is 147 Å². The van der Waals surface area contributed by atoms with E-state index in [1.807, 2.05) is 5.32 Å². The number of halogens is 7. The molecule has 1 aromatic carbocycles. The number of carbonyl (C=O) groups excluding carboxylic acids is 1. The molecule has 0 aliphatic rings. The molecule has 2 rings (SSSR count). The second-order valence-corrected chi connectivity index (χ2v) is 5.50. The van der Waals surface area contributed by atoms with Crippen molar-refractivity contribution in [3.05, 3.63) is 63.0 Å². The van der Waals surface area contributed by atoms with Gasteiger partial charge in [0.05, 0.1) is 21.8 Å². The number of nitrogens with zero attached hydrogens (tertiary/aromatic N) is 1. The van der Waals surface area contributed by atoms with Gasteiger partial charge in [0.1, 0.15) is 6.54 Å². The highest BCUT2D eigenvalue weighted by Gasteiger charge is 2.35. The Balaban J connectivity index is 2.30. The summed E-state index contributed by atoms with van der Waals surface area (Å²) in [6.07, 6.45) is -9.17. The van der Waals surface area contributed by atoms with Crippen LogP contribution in [0.5, 0.6) is 0 Å². The van der Waals surface area contributed by atoms with Gasteiger partial charge in [0.2, 0.25) is 5.91 Å². The van der Waals surface area contributed by atoms with Crippen LogP contribution in [-0.2, 0) is 23.7 Å². The summed E-state index contributed by atoms with van der Waals surface area (Å²) in [6, 6.07) is 3.94. The minimum atomic E-state index is -4.82. The van der Waals surface area contributed by atoms with Crippen molar-refractivity contribution < 1.29 is 31.1 Å². The molecule has 0 aliphatic carbocycles. The lowest BCUT2D eigenvalue weighted by Gasteiger charge is -2.16. The number of anilines is 1. The van der Waals surface area contributed by atoms with E-state index in [0.29, 0.717) is 29.0 Å². The van der Waals surface area contributed by atoms with Gasteiger partial charge in [-0.25, -0.2) is 0 Å². The molecule has 4 nitrogen and oxygen atoms in total. The molecule has 0 saturated carbocycles. The summed E-state index contributed by atoms with van der Waals surface area (Å²) >= 11 is 5.67. The van der Waals surface area contributed by atoms with Gasteiger partial charge in [0, 0.05) is 12.3 Å². The molecule has 0 aliphatic heterocycles. The van der Waals surface area contributed by atoms with E-state index in [-0.39, 0.29) is 0 Å². The number of pyridine rings is 1. The molecule has 140 valence electrons. The van der Waals surface area contributed by atoms with Gasteiger partial charge in [0.15, 0.2) is 0 Å². The molecule has 0 saturated heterocycles. The number of hydrogen-bond acceptors (Lipinski definition) is 2. The average Bonchev–Trinajstić information content (AvgIpc) is 2.49. The van der Waals surface area contributed by atoms with E-state index in [9.17, 15) is 35.9 Å². The standard InChI is InChI=1S/C15H9ClF6N2O2/c16-10-3-1-2-9(15(20,21)22)13(10)23-11(25)7-24-6-8(14(17,18)19)4-5-12(24)26/h1-6H,7H2,(H,23,25). The first-order chi connectivity index (χ1) is 11.9. The minimum absolute atomic E-state index is 0.402. The van der Waals surface area contributed by atoms with Gasteiger partial charge in [-0.1, -0.05) is 17.7 Å². The molecular formula is C15H9ClF6N2O2. The smallest absolute Gasteiger partial charge is 0.323 e. The third-order valence-electron chi connectivity index (χ3n) is 3.21. The second kappa shape index (κ2) is 7.02. The van der Waals surface area contributed by atoms with Crippen molar-refractivity contribution in [2.24, 2.45) is 0 Å². The normalized spacial score (nSPS) is 12.1. The fourth-order valence-corrected chi connectivity index (χ4v) is 2.27. The summed E-state index contributed by atoms with van der Waals surface area (Å²) < 4.78 is 77.3. The maximum Gasteiger partial charge on any atom is 0.418 e. The number of alkyl halides is 6. The summed E-state index contributed by atoms with van der Waals surface area (Å²) in [7, 11) is 0. The Hall–Kier alpha value is -2.49. The summed E-state index contributed by atoms with van der Waals surface area (Å²) in [4.78, 5) is 23.5. The van der Waals surface area contributed by atoms with Crippen molar-refractivity contribution in [2.45, 2.75) is 18.9 Å². The largest absolute Gasteiger partial charge is 0.418 e. The number of aromatic nitrogens is 1. The zero-order valence-electron chi connectivity index (χ0n) is 12.6. The molecule has 0 unspecified atom stereocenters. The second-order valence-electron chi connectivity index (χ2n) is 5.09. The first-order valence-corrected chi connectivity index (χ1v) is 7.20. The quantitative estimate of drug-likeness (QED) is 0.789. The highest BCUT2D eigenvalue weighted by molar-refractivity contribution is 6.34. The zero-order chi connectivity index (χ0) is 19.7. The van der Waals surface area contributed by atoms with E-state index >= 15 is 0 Å². The molecule has 1 N–H and O–H groups in total. The SMILES string of the molecule is O=C(Cn1cc(C(F)(F)F)ccc1=O)Nc1c(Cl)cccc1C(F)(F)F. The van der Waals surface area contributed by atoms with Crippen LogP contribution in [0.25, 0.3) is 0 Å². The van der Waals surface area contributed by atoms with Gasteiger partial charge in [0.25, 0.3) is 5.56 Å². The van der Waals surface area contributed by atoms with Crippen LogP contribution in [0.15, 0.2) is 41.3 Å². The highest BCUT2D eigenvalue weighted by Crippen LogP contribution is 2.38. The fraction of sp³-hybridized carbons (Fsp3) is 0.200. The van der Waals surface area contributed by atoms with Crippen molar-refractivity contribution in [1.29, 1.82) is 0 Å². The van der Waals surface area contributed by atoms with Crippen molar-refractivity contribution in [1.82, 2.24) is 4.57 Å². The molecule has 0 atom stereocenters. The summed E-state index contributed by atoms with van der Waals surface area (Å²) in [5.41, 5.74) is -4.08. The third-order valence-corrected chi connectivity index (χ3v) is 3.52. The molecule has 1 heterocycles. The Morgan fingerprint density at radius 2 is 1.69 bits per heavy atom. The van der Waals surface area contributed by atoms with E-state index in [4.69, 9.17) is 11.6 Å². The van der Waals surface area contributed by atoms with E-state index < -0.39 is 52.2 Å². The summed E-state index contributed by atoms with van der Waals surface area (Å²) in [6.45, 7) is -0.925. The van der Waals surface area contributed by atoms with Crippen LogP contribution < -0.4 is 10.9 Å². The number of rotatable bonds is 3. The topological polar surface area (TPSA) is 51.1 Å². The molecule has 2 aromatic rings. The van der Waals surface area contributed by atoms with Crippen LogP contribution in [0.2, 0.25) is 5.02 Å². The summed E-state index contributed by atoms with van der Waals surface area (Å²) in [5.74, 6) is -1.15. The first-order valence-electron chi connectivity index (χ1n) is 6.83. The Bertz CT molecular complexity index is 889. The Morgan fingerprint density at radius 3 is 2.27 bits per heavy atom. The molecule has 0 spiro atoms. The van der Waals surface area contributed by atoms with E-state index in [1.165, 1.54) is 0 Å². The molecule has 1 amide bonds. The third kappa shape index (κ3) is 4.57. The maximum absolute atomic E-state index is 13.0. The molecule has 0 bridgehead atoms. The zero-order valence-corrected chi connectivity index (χ0v) is 13.3. The Morgan fingerprint density at radius 1 is 1.04 bits per heavy atom. The highest BCUT2D eigenvalue weighted by atomic mass is 35.5. The lowest BCUT2D eigenvalue weighted by atomic mass is 10.1. The lowest BCUT2D eigenvalue weighted by molar-refractivity contribution is -0.138.